The van der Waals surface area contributed by atoms with E-state index in [2.05, 4.69) is 13.2 Å². The molecule has 1 aromatic carbocycles. The van der Waals surface area contributed by atoms with Crippen LogP contribution in [0, 0.1) is 0 Å². The molecule has 0 spiro atoms. The summed E-state index contributed by atoms with van der Waals surface area (Å²) in [6.07, 6.45) is 4.00. The molecular weight excluding hydrogens is 266 g/mol. The maximum Gasteiger partial charge on any atom is 0.419 e. The van der Waals surface area contributed by atoms with Gasteiger partial charge in [-0.25, -0.2) is 9.36 Å². The van der Waals surface area contributed by atoms with Crippen molar-refractivity contribution in [2.24, 2.45) is 0 Å². The normalized spacial score (nSPS) is 11.3. The third-order valence-electron chi connectivity index (χ3n) is 3.17. The van der Waals surface area contributed by atoms with E-state index in [1.54, 1.807) is 48.6 Å². The topological polar surface area (TPSA) is 59.3 Å². The summed E-state index contributed by atoms with van der Waals surface area (Å²) in [5.41, 5.74) is 1.06. The van der Waals surface area contributed by atoms with Crippen LogP contribution in [-0.2, 0) is 6.42 Å². The highest BCUT2D eigenvalue weighted by molar-refractivity contribution is 5.87. The first-order valence-corrected chi connectivity index (χ1v) is 6.39. The lowest BCUT2D eigenvalue weighted by molar-refractivity contribution is 0.196. The van der Waals surface area contributed by atoms with Gasteiger partial charge in [-0.2, -0.15) is 0 Å². The van der Waals surface area contributed by atoms with Gasteiger partial charge in [-0.1, -0.05) is 49.6 Å². The maximum atomic E-state index is 12.4. The van der Waals surface area contributed by atoms with E-state index in [0.29, 0.717) is 22.9 Å². The Morgan fingerprint density at radius 1 is 1.29 bits per heavy atom. The predicted octanol–water partition coefficient (Wildman–Crippen LogP) is 3.37. The molecule has 1 heterocycles. The number of hydrogen-bond acceptors (Lipinski definition) is 2. The van der Waals surface area contributed by atoms with Gasteiger partial charge in [0.2, 0.25) is 0 Å². The molecular formula is C17H15NO3. The largest absolute Gasteiger partial charge is 0.464 e. The molecule has 0 saturated carbocycles. The number of hydrogen-bond donors (Lipinski definition) is 1. The average molecular weight is 281 g/mol. The standard InChI is InChI=1S/C17H15NO3/c1-3-7-12(4-2)10-14-11-13-8-5-6-9-15(13)18(16(14)19)17(20)21/h3-9,11H,1-2,10H2,(H,20,21)/b12-7+. The quantitative estimate of drug-likeness (QED) is 0.874. The summed E-state index contributed by atoms with van der Waals surface area (Å²) in [4.78, 5) is 23.8. The van der Waals surface area contributed by atoms with E-state index in [1.165, 1.54) is 0 Å². The monoisotopic (exact) mass is 281 g/mol. The molecule has 1 N–H and O–H groups in total. The number of benzene rings is 1. The molecule has 21 heavy (non-hydrogen) atoms. The highest BCUT2D eigenvalue weighted by Gasteiger charge is 2.14. The van der Waals surface area contributed by atoms with Crippen LogP contribution in [-0.4, -0.2) is 15.8 Å². The number of para-hydroxylation sites is 1. The number of carbonyl (C=O) groups is 1. The molecule has 106 valence electrons. The van der Waals surface area contributed by atoms with Gasteiger partial charge < -0.3 is 5.11 Å². The van der Waals surface area contributed by atoms with Gasteiger partial charge in [0.25, 0.3) is 5.56 Å². The lowest BCUT2D eigenvalue weighted by Crippen LogP contribution is -2.29. The molecule has 4 heteroatoms. The van der Waals surface area contributed by atoms with Gasteiger partial charge >= 0.3 is 6.09 Å². The van der Waals surface area contributed by atoms with Gasteiger partial charge in [0, 0.05) is 12.0 Å². The lowest BCUT2D eigenvalue weighted by atomic mass is 10.0. The summed E-state index contributed by atoms with van der Waals surface area (Å²) in [5, 5.41) is 10.00. The lowest BCUT2D eigenvalue weighted by Gasteiger charge is -2.09. The summed E-state index contributed by atoms with van der Waals surface area (Å²) in [5.74, 6) is 0. The van der Waals surface area contributed by atoms with Gasteiger partial charge in [0.05, 0.1) is 5.52 Å². The van der Waals surface area contributed by atoms with Crippen molar-refractivity contribution in [3.05, 3.63) is 83.2 Å². The minimum Gasteiger partial charge on any atom is -0.464 e. The van der Waals surface area contributed by atoms with Gasteiger partial charge in [-0.15, -0.1) is 0 Å². The highest BCUT2D eigenvalue weighted by Crippen LogP contribution is 2.15. The molecule has 0 aliphatic rings. The van der Waals surface area contributed by atoms with Gasteiger partial charge in [0.1, 0.15) is 0 Å². The molecule has 2 rings (SSSR count). The van der Waals surface area contributed by atoms with E-state index in [4.69, 9.17) is 0 Å². The zero-order valence-corrected chi connectivity index (χ0v) is 11.5. The molecule has 0 aliphatic carbocycles. The van der Waals surface area contributed by atoms with Crippen LogP contribution in [0.4, 0.5) is 4.79 Å². The zero-order chi connectivity index (χ0) is 15.4. The molecule has 0 saturated heterocycles. The average Bonchev–Trinajstić information content (AvgIpc) is 2.47. The predicted molar refractivity (Wildman–Crippen MR) is 83.8 cm³/mol. The van der Waals surface area contributed by atoms with Crippen LogP contribution in [0.3, 0.4) is 0 Å². The SMILES string of the molecule is C=C/C=C(\C=C)Cc1cc2ccccc2n(C(=O)O)c1=O. The zero-order valence-electron chi connectivity index (χ0n) is 11.5. The van der Waals surface area contributed by atoms with Crippen LogP contribution in [0.25, 0.3) is 10.9 Å². The minimum absolute atomic E-state index is 0.312. The number of nitrogens with zero attached hydrogens (tertiary/aromatic N) is 1. The second kappa shape index (κ2) is 6.05. The Kier molecular flexibility index (Phi) is 4.18. The first kappa shape index (κ1) is 14.5. The Bertz CT molecular complexity index is 812. The van der Waals surface area contributed by atoms with Gasteiger partial charge in [-0.05, 0) is 23.1 Å². The Morgan fingerprint density at radius 2 is 2.00 bits per heavy atom. The molecule has 0 bridgehead atoms. The van der Waals surface area contributed by atoms with Crippen molar-refractivity contribution in [3.8, 4) is 0 Å². The van der Waals surface area contributed by atoms with Crippen molar-refractivity contribution in [3.63, 3.8) is 0 Å². The van der Waals surface area contributed by atoms with E-state index in [9.17, 15) is 14.7 Å². The van der Waals surface area contributed by atoms with E-state index < -0.39 is 11.7 Å². The Labute approximate surface area is 122 Å². The number of allylic oxidation sites excluding steroid dienone is 4. The van der Waals surface area contributed by atoms with Crippen molar-refractivity contribution in [1.29, 1.82) is 0 Å². The van der Waals surface area contributed by atoms with Crippen molar-refractivity contribution in [2.45, 2.75) is 6.42 Å². The molecule has 0 atom stereocenters. The van der Waals surface area contributed by atoms with Gasteiger partial charge in [0.15, 0.2) is 0 Å². The molecule has 1 aromatic heterocycles. The Hall–Kier alpha value is -2.88. The first-order valence-electron chi connectivity index (χ1n) is 6.39. The fourth-order valence-corrected chi connectivity index (χ4v) is 2.20. The second-order valence-corrected chi connectivity index (χ2v) is 4.51. The van der Waals surface area contributed by atoms with Gasteiger partial charge in [-0.3, -0.25) is 4.79 Å². The molecule has 2 aromatic rings. The van der Waals surface area contributed by atoms with E-state index in [-0.39, 0.29) is 0 Å². The number of rotatable bonds is 4. The van der Waals surface area contributed by atoms with E-state index >= 15 is 0 Å². The van der Waals surface area contributed by atoms with Crippen LogP contribution >= 0.6 is 0 Å². The number of aromatic nitrogens is 1. The summed E-state index contributed by atoms with van der Waals surface area (Å²) >= 11 is 0. The first-order chi connectivity index (χ1) is 10.1. The molecule has 0 amide bonds. The van der Waals surface area contributed by atoms with Crippen LogP contribution in [0.15, 0.2) is 72.1 Å². The molecule has 0 unspecified atom stereocenters. The summed E-state index contributed by atoms with van der Waals surface area (Å²) in [6.45, 7) is 7.29. The Morgan fingerprint density at radius 3 is 2.62 bits per heavy atom. The highest BCUT2D eigenvalue weighted by atomic mass is 16.4. The fourth-order valence-electron chi connectivity index (χ4n) is 2.20. The van der Waals surface area contributed by atoms with Crippen LogP contribution in [0.1, 0.15) is 5.56 Å². The summed E-state index contributed by atoms with van der Waals surface area (Å²) < 4.78 is 0.777. The summed E-state index contributed by atoms with van der Waals surface area (Å²) in [6, 6.07) is 8.62. The maximum absolute atomic E-state index is 12.4. The number of fused-ring (bicyclic) bond motifs is 1. The van der Waals surface area contributed by atoms with Crippen molar-refractivity contribution >= 4 is 17.0 Å². The van der Waals surface area contributed by atoms with E-state index in [1.807, 2.05) is 0 Å². The van der Waals surface area contributed by atoms with Crippen molar-refractivity contribution in [2.75, 3.05) is 0 Å². The van der Waals surface area contributed by atoms with Crippen molar-refractivity contribution in [1.82, 2.24) is 4.57 Å². The molecule has 0 aliphatic heterocycles. The molecule has 4 nitrogen and oxygen atoms in total. The smallest absolute Gasteiger partial charge is 0.419 e. The Balaban J connectivity index is 2.71. The van der Waals surface area contributed by atoms with E-state index in [0.717, 1.165) is 10.1 Å². The number of pyridine rings is 1. The van der Waals surface area contributed by atoms with Crippen LogP contribution in [0.2, 0.25) is 0 Å². The minimum atomic E-state index is -1.29. The molecule has 0 radical (unpaired) electrons. The molecule has 0 fully saturated rings. The third kappa shape index (κ3) is 2.84. The van der Waals surface area contributed by atoms with Crippen LogP contribution < -0.4 is 5.56 Å². The van der Waals surface area contributed by atoms with Crippen LogP contribution in [0.5, 0.6) is 0 Å². The fraction of sp³-hybridized carbons (Fsp3) is 0.0588. The number of carboxylic acid groups (broad SMARTS) is 1. The third-order valence-corrected chi connectivity index (χ3v) is 3.17. The van der Waals surface area contributed by atoms with Crippen molar-refractivity contribution < 1.29 is 9.90 Å². The summed E-state index contributed by atoms with van der Waals surface area (Å²) in [7, 11) is 0. The second-order valence-electron chi connectivity index (χ2n) is 4.51.